The van der Waals surface area contributed by atoms with Crippen molar-refractivity contribution in [2.75, 3.05) is 0 Å². The average Bonchev–Trinajstić information content (AvgIpc) is 3.08. The molecule has 1 saturated carbocycles. The summed E-state index contributed by atoms with van der Waals surface area (Å²) in [6.45, 7) is 7.66. The monoisotopic (exact) mass is 448 g/mol. The van der Waals surface area contributed by atoms with Crippen molar-refractivity contribution in [2.24, 2.45) is 17.8 Å². The molecule has 31 heavy (non-hydrogen) atoms. The van der Waals surface area contributed by atoms with Crippen molar-refractivity contribution in [1.29, 1.82) is 0 Å². The molecule has 0 spiro atoms. The molecule has 0 bridgehead atoms. The summed E-state index contributed by atoms with van der Waals surface area (Å²) in [4.78, 5) is 35.5. The SMILES string of the molecule is CC(=O)n1c(CC(=O)OC2C(C)CC(C)CC2C)nnc1-c1ccc(Cl)c([N+](=O)[O-])c1. The van der Waals surface area contributed by atoms with Gasteiger partial charge in [0.05, 0.1) is 4.92 Å². The van der Waals surface area contributed by atoms with Crippen LogP contribution in [0.4, 0.5) is 5.69 Å². The Morgan fingerprint density at radius 2 is 1.87 bits per heavy atom. The molecule has 3 rings (SSSR count). The first kappa shape index (κ1) is 22.9. The molecule has 10 heteroatoms. The van der Waals surface area contributed by atoms with Crippen LogP contribution in [0, 0.1) is 27.9 Å². The molecule has 0 radical (unpaired) electrons. The van der Waals surface area contributed by atoms with E-state index in [1.165, 1.54) is 29.7 Å². The van der Waals surface area contributed by atoms with Crippen LogP contribution in [0.15, 0.2) is 18.2 Å². The third-order valence-electron chi connectivity index (χ3n) is 5.69. The first-order valence-corrected chi connectivity index (χ1v) is 10.5. The van der Waals surface area contributed by atoms with E-state index in [1.54, 1.807) is 0 Å². The quantitative estimate of drug-likeness (QED) is 0.379. The number of nitro benzene ring substituents is 1. The van der Waals surface area contributed by atoms with Gasteiger partial charge in [-0.1, -0.05) is 32.4 Å². The van der Waals surface area contributed by atoms with Gasteiger partial charge < -0.3 is 4.74 Å². The van der Waals surface area contributed by atoms with Gasteiger partial charge in [0.25, 0.3) is 5.69 Å². The lowest BCUT2D eigenvalue weighted by atomic mass is 9.75. The molecule has 1 aliphatic rings. The van der Waals surface area contributed by atoms with Gasteiger partial charge in [-0.3, -0.25) is 19.7 Å². The third-order valence-corrected chi connectivity index (χ3v) is 6.01. The Morgan fingerprint density at radius 3 is 2.45 bits per heavy atom. The second-order valence-corrected chi connectivity index (χ2v) is 8.79. The highest BCUT2D eigenvalue weighted by Crippen LogP contribution is 2.35. The average molecular weight is 449 g/mol. The Hall–Kier alpha value is -2.81. The lowest BCUT2D eigenvalue weighted by Crippen LogP contribution is -2.38. The standard InChI is InChI=1S/C21H25ClN4O5/c1-11-7-12(2)20(13(3)8-11)31-19(28)10-18-23-24-21(25(18)14(4)27)15-5-6-16(22)17(9-15)26(29)30/h5-6,9,11-13,20H,7-8,10H2,1-4H3. The van der Waals surface area contributed by atoms with Gasteiger partial charge in [0.1, 0.15) is 17.5 Å². The molecule has 166 valence electrons. The van der Waals surface area contributed by atoms with Crippen LogP contribution in [0.2, 0.25) is 5.02 Å². The fourth-order valence-electron chi connectivity index (χ4n) is 4.49. The largest absolute Gasteiger partial charge is 0.461 e. The van der Waals surface area contributed by atoms with Crippen molar-refractivity contribution in [3.8, 4) is 11.4 Å². The van der Waals surface area contributed by atoms with Crippen LogP contribution in [0.3, 0.4) is 0 Å². The summed E-state index contributed by atoms with van der Waals surface area (Å²) in [6.07, 6.45) is 1.57. The number of esters is 1. The number of carbonyl (C=O) groups is 2. The Bertz CT molecular complexity index is 1010. The van der Waals surface area contributed by atoms with Crippen molar-refractivity contribution in [1.82, 2.24) is 14.8 Å². The number of nitro groups is 1. The second kappa shape index (κ2) is 9.13. The number of halogens is 1. The van der Waals surface area contributed by atoms with E-state index >= 15 is 0 Å². The molecule has 0 N–H and O–H groups in total. The van der Waals surface area contributed by atoms with Gasteiger partial charge in [-0.2, -0.15) is 0 Å². The number of benzene rings is 1. The number of ether oxygens (including phenoxy) is 1. The van der Waals surface area contributed by atoms with Crippen LogP contribution < -0.4 is 0 Å². The lowest BCUT2D eigenvalue weighted by Gasteiger charge is -2.37. The maximum absolute atomic E-state index is 12.6. The molecule has 1 aliphatic carbocycles. The van der Waals surface area contributed by atoms with Gasteiger partial charge in [-0.25, -0.2) is 4.57 Å². The van der Waals surface area contributed by atoms with Crippen molar-refractivity contribution in [2.45, 2.75) is 53.1 Å². The van der Waals surface area contributed by atoms with E-state index in [9.17, 15) is 19.7 Å². The molecule has 1 fully saturated rings. The highest BCUT2D eigenvalue weighted by atomic mass is 35.5. The number of hydrogen-bond acceptors (Lipinski definition) is 7. The summed E-state index contributed by atoms with van der Waals surface area (Å²) in [5, 5.41) is 19.1. The fraction of sp³-hybridized carbons (Fsp3) is 0.524. The molecule has 0 aliphatic heterocycles. The smallest absolute Gasteiger partial charge is 0.313 e. The van der Waals surface area contributed by atoms with E-state index in [1.807, 2.05) is 0 Å². The minimum Gasteiger partial charge on any atom is -0.461 e. The first-order chi connectivity index (χ1) is 14.6. The van der Waals surface area contributed by atoms with E-state index in [0.717, 1.165) is 12.8 Å². The molecular formula is C21H25ClN4O5. The van der Waals surface area contributed by atoms with E-state index in [4.69, 9.17) is 16.3 Å². The summed E-state index contributed by atoms with van der Waals surface area (Å²) >= 11 is 5.87. The molecule has 2 aromatic rings. The summed E-state index contributed by atoms with van der Waals surface area (Å²) in [7, 11) is 0. The molecule has 1 heterocycles. The first-order valence-electron chi connectivity index (χ1n) is 10.2. The minimum absolute atomic E-state index is 0.0310. The zero-order valence-corrected chi connectivity index (χ0v) is 18.6. The number of aromatic nitrogens is 3. The molecular weight excluding hydrogens is 424 g/mol. The highest BCUT2D eigenvalue weighted by molar-refractivity contribution is 6.32. The Kier molecular flexibility index (Phi) is 6.74. The second-order valence-electron chi connectivity index (χ2n) is 8.38. The molecule has 0 saturated heterocycles. The lowest BCUT2D eigenvalue weighted by molar-refractivity contribution is -0.384. The van der Waals surface area contributed by atoms with Crippen molar-refractivity contribution < 1.29 is 19.2 Å². The van der Waals surface area contributed by atoms with Crippen molar-refractivity contribution >= 4 is 29.2 Å². The molecule has 1 aromatic carbocycles. The van der Waals surface area contributed by atoms with Crippen LogP contribution in [0.25, 0.3) is 11.4 Å². The highest BCUT2D eigenvalue weighted by Gasteiger charge is 2.34. The molecule has 1 aromatic heterocycles. The van der Waals surface area contributed by atoms with Gasteiger partial charge >= 0.3 is 5.97 Å². The van der Waals surface area contributed by atoms with Gasteiger partial charge in [0.2, 0.25) is 5.91 Å². The van der Waals surface area contributed by atoms with Gasteiger partial charge in [-0.15, -0.1) is 10.2 Å². The molecule has 2 unspecified atom stereocenters. The normalized spacial score (nSPS) is 23.4. The topological polar surface area (TPSA) is 117 Å². The summed E-state index contributed by atoms with van der Waals surface area (Å²) in [5.74, 6) is 0.400. The third kappa shape index (κ3) is 4.92. The Morgan fingerprint density at radius 1 is 1.23 bits per heavy atom. The predicted molar refractivity (Wildman–Crippen MR) is 114 cm³/mol. The van der Waals surface area contributed by atoms with Crippen LogP contribution in [0.5, 0.6) is 0 Å². The van der Waals surface area contributed by atoms with Gasteiger partial charge in [0, 0.05) is 18.6 Å². The maximum Gasteiger partial charge on any atom is 0.313 e. The van der Waals surface area contributed by atoms with Crippen molar-refractivity contribution in [3.63, 3.8) is 0 Å². The van der Waals surface area contributed by atoms with E-state index < -0.39 is 16.8 Å². The molecule has 0 amide bonds. The zero-order chi connectivity index (χ0) is 22.9. The molecule has 9 nitrogen and oxygen atoms in total. The summed E-state index contributed by atoms with van der Waals surface area (Å²) in [6, 6.07) is 4.09. The van der Waals surface area contributed by atoms with E-state index in [0.29, 0.717) is 11.5 Å². The van der Waals surface area contributed by atoms with Crippen LogP contribution in [-0.2, 0) is 16.0 Å². The van der Waals surface area contributed by atoms with Crippen LogP contribution in [-0.4, -0.2) is 37.7 Å². The predicted octanol–water partition coefficient (Wildman–Crippen LogP) is 4.32. The van der Waals surface area contributed by atoms with Gasteiger partial charge in [0.15, 0.2) is 11.6 Å². The number of carbonyl (C=O) groups excluding carboxylic acids is 2. The summed E-state index contributed by atoms with van der Waals surface area (Å²) in [5.41, 5.74) is -0.0188. The number of nitrogens with zero attached hydrogens (tertiary/aromatic N) is 4. The maximum atomic E-state index is 12.6. The van der Waals surface area contributed by atoms with Crippen LogP contribution in [0.1, 0.15) is 51.2 Å². The molecule has 2 atom stereocenters. The van der Waals surface area contributed by atoms with E-state index in [2.05, 4.69) is 31.0 Å². The Balaban J connectivity index is 1.84. The summed E-state index contributed by atoms with van der Waals surface area (Å²) < 4.78 is 6.92. The van der Waals surface area contributed by atoms with E-state index in [-0.39, 0.29) is 46.7 Å². The number of hydrogen-bond donors (Lipinski definition) is 0. The fourth-order valence-corrected chi connectivity index (χ4v) is 4.68. The Labute approximate surface area is 184 Å². The minimum atomic E-state index is -0.619. The zero-order valence-electron chi connectivity index (χ0n) is 17.9. The number of rotatable bonds is 5. The van der Waals surface area contributed by atoms with Crippen molar-refractivity contribution in [3.05, 3.63) is 39.2 Å². The van der Waals surface area contributed by atoms with Gasteiger partial charge in [-0.05, 0) is 42.7 Å². The van der Waals surface area contributed by atoms with Crippen LogP contribution >= 0.6 is 11.6 Å².